The Hall–Kier alpha value is -2.81. The molecule has 2 aromatic rings. The van der Waals surface area contributed by atoms with E-state index in [9.17, 15) is 18.0 Å². The first-order chi connectivity index (χ1) is 14.4. The Balaban J connectivity index is 1.31. The molecule has 1 aliphatic carbocycles. The molecule has 1 N–H and O–H groups in total. The fourth-order valence-corrected chi connectivity index (χ4v) is 3.82. The third kappa shape index (κ3) is 3.94. The summed E-state index contributed by atoms with van der Waals surface area (Å²) in [5.74, 6) is -3.13. The van der Waals surface area contributed by atoms with Gasteiger partial charge in [0.25, 0.3) is 0 Å². The molecule has 1 amide bonds. The van der Waals surface area contributed by atoms with Crippen molar-refractivity contribution in [2.75, 3.05) is 35.3 Å². The average molecular weight is 420 g/mol. The lowest BCUT2D eigenvalue weighted by atomic mass is 9.89. The summed E-state index contributed by atoms with van der Waals surface area (Å²) in [5, 5.41) is 3.36. The van der Waals surface area contributed by atoms with Crippen LogP contribution >= 0.6 is 0 Å². The molecule has 1 aromatic carbocycles. The van der Waals surface area contributed by atoms with Crippen LogP contribution in [0.3, 0.4) is 0 Å². The number of hydrogen-bond donors (Lipinski definition) is 1. The van der Waals surface area contributed by atoms with Crippen LogP contribution in [0.2, 0.25) is 0 Å². The lowest BCUT2D eigenvalue weighted by Crippen LogP contribution is -2.44. The number of carbonyl (C=O) groups excluding carboxylic acids is 1. The van der Waals surface area contributed by atoms with Crippen molar-refractivity contribution < 1.29 is 22.7 Å². The van der Waals surface area contributed by atoms with Gasteiger partial charge in [-0.1, -0.05) is 0 Å². The number of amides is 1. The summed E-state index contributed by atoms with van der Waals surface area (Å²) in [5.41, 5.74) is 2.01. The summed E-state index contributed by atoms with van der Waals surface area (Å²) in [6.07, 6.45) is 3.10. The number of likely N-dealkylation sites (N-methyl/N-ethyl adjacent to an activating group) is 2. The van der Waals surface area contributed by atoms with Gasteiger partial charge in [-0.25, -0.2) is 18.2 Å². The van der Waals surface area contributed by atoms with Gasteiger partial charge < -0.3 is 19.9 Å². The topological polar surface area (TPSA) is 57.7 Å². The van der Waals surface area contributed by atoms with Crippen LogP contribution in [0.5, 0.6) is 0 Å². The average Bonchev–Trinajstić information content (AvgIpc) is 2.68. The van der Waals surface area contributed by atoms with Gasteiger partial charge in [0.15, 0.2) is 17.5 Å². The van der Waals surface area contributed by atoms with Crippen LogP contribution in [-0.2, 0) is 16.1 Å². The van der Waals surface area contributed by atoms with Crippen molar-refractivity contribution in [3.8, 4) is 0 Å². The highest BCUT2D eigenvalue weighted by molar-refractivity contribution is 6.03. The molecule has 0 bridgehead atoms. The first-order valence-electron chi connectivity index (χ1n) is 9.88. The van der Waals surface area contributed by atoms with Gasteiger partial charge in [-0.2, -0.15) is 0 Å². The van der Waals surface area contributed by atoms with Crippen molar-refractivity contribution >= 4 is 23.1 Å². The van der Waals surface area contributed by atoms with E-state index >= 15 is 0 Å². The van der Waals surface area contributed by atoms with E-state index in [2.05, 4.69) is 10.3 Å². The summed E-state index contributed by atoms with van der Waals surface area (Å²) in [6.45, 7) is 2.88. The van der Waals surface area contributed by atoms with E-state index in [1.807, 2.05) is 24.9 Å². The quantitative estimate of drug-likeness (QED) is 0.726. The number of rotatable bonds is 6. The van der Waals surface area contributed by atoms with Gasteiger partial charge in [0.1, 0.15) is 5.82 Å². The lowest BCUT2D eigenvalue weighted by Gasteiger charge is -2.37. The maximum Gasteiger partial charge on any atom is 0.246 e. The summed E-state index contributed by atoms with van der Waals surface area (Å²) in [7, 11) is 1.88. The third-order valence-corrected chi connectivity index (χ3v) is 5.53. The number of aromatic nitrogens is 1. The van der Waals surface area contributed by atoms with E-state index in [0.29, 0.717) is 13.1 Å². The zero-order chi connectivity index (χ0) is 21.4. The summed E-state index contributed by atoms with van der Waals surface area (Å²) in [6, 6.07) is 4.00. The van der Waals surface area contributed by atoms with Crippen LogP contribution in [0.1, 0.15) is 25.3 Å². The van der Waals surface area contributed by atoms with E-state index in [-0.39, 0.29) is 30.2 Å². The van der Waals surface area contributed by atoms with E-state index in [1.165, 1.54) is 0 Å². The number of ether oxygens (including phenoxy) is 1. The number of halogens is 3. The fourth-order valence-electron chi connectivity index (χ4n) is 3.82. The molecule has 30 heavy (non-hydrogen) atoms. The third-order valence-electron chi connectivity index (χ3n) is 5.53. The minimum atomic E-state index is -1.47. The Morgan fingerprint density at radius 3 is 2.53 bits per heavy atom. The van der Waals surface area contributed by atoms with Crippen molar-refractivity contribution in [3.05, 3.63) is 47.4 Å². The van der Waals surface area contributed by atoms with Crippen LogP contribution in [-0.4, -0.2) is 43.2 Å². The monoisotopic (exact) mass is 420 g/mol. The van der Waals surface area contributed by atoms with Gasteiger partial charge in [0, 0.05) is 25.7 Å². The standard InChI is InChI=1S/C21H23F3N4O2/c1-3-28-18-9-25-19(8-17(18)27(2)10-20(28)29)26-13-6-14(7-13)30-11-12-4-15(22)21(24)16(23)5-12/h4-5,8-9,13-14H,3,6-7,10-11H2,1-2H3,(H,25,26)/t13-,14-. The maximum absolute atomic E-state index is 13.3. The normalized spacial score (nSPS) is 20.8. The first-order valence-corrected chi connectivity index (χ1v) is 9.88. The Bertz CT molecular complexity index is 942. The highest BCUT2D eigenvalue weighted by Gasteiger charge is 2.31. The SMILES string of the molecule is CCN1C(=O)CN(C)c2cc(N[C@H]3C[C@H](OCc4cc(F)c(F)c(F)c4)C3)ncc21. The Kier molecular flexibility index (Phi) is 5.55. The van der Waals surface area contributed by atoms with Crippen LogP contribution in [0.4, 0.5) is 30.4 Å². The Morgan fingerprint density at radius 2 is 1.87 bits per heavy atom. The Morgan fingerprint density at radius 1 is 1.17 bits per heavy atom. The maximum atomic E-state index is 13.3. The molecule has 0 spiro atoms. The molecule has 1 aromatic heterocycles. The molecule has 1 fully saturated rings. The molecule has 6 nitrogen and oxygen atoms in total. The van der Waals surface area contributed by atoms with Gasteiger partial charge in [0.05, 0.1) is 36.8 Å². The van der Waals surface area contributed by atoms with Crippen LogP contribution in [0.15, 0.2) is 24.4 Å². The first kappa shape index (κ1) is 20.5. The van der Waals surface area contributed by atoms with Gasteiger partial charge >= 0.3 is 0 Å². The van der Waals surface area contributed by atoms with Crippen molar-refractivity contribution in [1.82, 2.24) is 4.98 Å². The highest BCUT2D eigenvalue weighted by Crippen LogP contribution is 2.35. The van der Waals surface area contributed by atoms with E-state index in [0.717, 1.165) is 42.2 Å². The van der Waals surface area contributed by atoms with Crippen molar-refractivity contribution in [1.29, 1.82) is 0 Å². The van der Waals surface area contributed by atoms with Crippen molar-refractivity contribution in [3.63, 3.8) is 0 Å². The van der Waals surface area contributed by atoms with Crippen molar-refractivity contribution in [2.45, 2.75) is 38.5 Å². The zero-order valence-corrected chi connectivity index (χ0v) is 16.8. The molecule has 9 heteroatoms. The fraction of sp³-hybridized carbons (Fsp3) is 0.429. The molecule has 0 atom stereocenters. The largest absolute Gasteiger partial charge is 0.373 e. The smallest absolute Gasteiger partial charge is 0.246 e. The van der Waals surface area contributed by atoms with E-state index in [4.69, 9.17) is 4.74 Å². The van der Waals surface area contributed by atoms with Crippen LogP contribution in [0, 0.1) is 17.5 Å². The van der Waals surface area contributed by atoms with E-state index < -0.39 is 17.5 Å². The molecular weight excluding hydrogens is 397 g/mol. The molecule has 0 radical (unpaired) electrons. The Labute approximate surface area is 172 Å². The predicted octanol–water partition coefficient (Wildman–Crippen LogP) is 3.46. The molecule has 4 rings (SSSR count). The summed E-state index contributed by atoms with van der Waals surface area (Å²) in [4.78, 5) is 20.2. The number of nitrogens with one attached hydrogen (secondary N) is 1. The zero-order valence-electron chi connectivity index (χ0n) is 16.8. The minimum absolute atomic E-state index is 0.0221. The molecule has 1 aliphatic heterocycles. The van der Waals surface area contributed by atoms with Crippen LogP contribution in [0.25, 0.3) is 0 Å². The molecule has 0 unspecified atom stereocenters. The number of pyridine rings is 1. The number of fused-ring (bicyclic) bond motifs is 1. The second-order valence-corrected chi connectivity index (χ2v) is 7.67. The van der Waals surface area contributed by atoms with Gasteiger partial charge in [-0.15, -0.1) is 0 Å². The van der Waals surface area contributed by atoms with Crippen LogP contribution < -0.4 is 15.1 Å². The predicted molar refractivity (Wildman–Crippen MR) is 107 cm³/mol. The molecular formula is C21H23F3N4O2. The molecule has 160 valence electrons. The molecule has 2 heterocycles. The second-order valence-electron chi connectivity index (χ2n) is 7.67. The number of benzene rings is 1. The highest BCUT2D eigenvalue weighted by atomic mass is 19.2. The second kappa shape index (κ2) is 8.14. The number of carbonyl (C=O) groups is 1. The number of anilines is 3. The van der Waals surface area contributed by atoms with E-state index in [1.54, 1.807) is 11.1 Å². The van der Waals surface area contributed by atoms with Gasteiger partial charge in [0.2, 0.25) is 5.91 Å². The van der Waals surface area contributed by atoms with Crippen molar-refractivity contribution in [2.24, 2.45) is 0 Å². The number of hydrogen-bond acceptors (Lipinski definition) is 5. The number of nitrogens with zero attached hydrogens (tertiary/aromatic N) is 3. The summed E-state index contributed by atoms with van der Waals surface area (Å²) < 4.78 is 45.2. The molecule has 2 aliphatic rings. The summed E-state index contributed by atoms with van der Waals surface area (Å²) >= 11 is 0. The lowest BCUT2D eigenvalue weighted by molar-refractivity contribution is -0.117. The molecule has 1 saturated carbocycles. The van der Waals surface area contributed by atoms with Gasteiger partial charge in [-0.05, 0) is 37.5 Å². The molecule has 0 saturated heterocycles. The minimum Gasteiger partial charge on any atom is -0.373 e. The van der Waals surface area contributed by atoms with Gasteiger partial charge in [-0.3, -0.25) is 4.79 Å².